The quantitative estimate of drug-likeness (QED) is 0.324. The van der Waals surface area contributed by atoms with Gasteiger partial charge in [-0.3, -0.25) is 4.79 Å². The third-order valence-electron chi connectivity index (χ3n) is 4.62. The average Bonchev–Trinajstić information content (AvgIpc) is 2.81. The standard InChI is InChI=1S/C23H22BrN3O5S/c1-32-21-9-5-8-18(23(21)29)14-25-26-22(28)16-27(15-17-6-3-2-4-7-17)33(30,31)20-12-10-19(24)11-13-20/h2-14,29H,15-16H2,1H3,(H,26,28). The molecule has 0 radical (unpaired) electrons. The molecular formula is C23H22BrN3O5S. The molecule has 3 aromatic carbocycles. The molecule has 0 fully saturated rings. The summed E-state index contributed by atoms with van der Waals surface area (Å²) in [6.07, 6.45) is 1.25. The molecule has 0 saturated heterocycles. The molecule has 0 heterocycles. The molecule has 0 saturated carbocycles. The van der Waals surface area contributed by atoms with Gasteiger partial charge in [-0.25, -0.2) is 13.8 Å². The van der Waals surface area contributed by atoms with E-state index in [4.69, 9.17) is 4.74 Å². The van der Waals surface area contributed by atoms with E-state index >= 15 is 0 Å². The number of methoxy groups -OCH3 is 1. The van der Waals surface area contributed by atoms with Gasteiger partial charge in [0, 0.05) is 16.6 Å². The molecule has 2 N–H and O–H groups in total. The second-order valence-electron chi connectivity index (χ2n) is 6.90. The van der Waals surface area contributed by atoms with Crippen molar-refractivity contribution >= 4 is 38.1 Å². The number of phenolic OH excluding ortho intramolecular Hbond substituents is 1. The van der Waals surface area contributed by atoms with Crippen LogP contribution < -0.4 is 10.2 Å². The second-order valence-corrected chi connectivity index (χ2v) is 9.76. The molecule has 0 aromatic heterocycles. The molecular weight excluding hydrogens is 510 g/mol. The lowest BCUT2D eigenvalue weighted by Crippen LogP contribution is -2.39. The number of hydrazone groups is 1. The van der Waals surface area contributed by atoms with Gasteiger partial charge in [0.15, 0.2) is 11.5 Å². The monoisotopic (exact) mass is 531 g/mol. The minimum Gasteiger partial charge on any atom is -0.504 e. The Labute approximate surface area is 200 Å². The van der Waals surface area contributed by atoms with Crippen molar-refractivity contribution in [3.8, 4) is 11.5 Å². The number of phenols is 1. The number of rotatable bonds is 9. The summed E-state index contributed by atoms with van der Waals surface area (Å²) in [5.74, 6) is -0.494. The Morgan fingerprint density at radius 2 is 1.79 bits per heavy atom. The van der Waals surface area contributed by atoms with Crippen LogP contribution in [0.3, 0.4) is 0 Å². The highest BCUT2D eigenvalue weighted by atomic mass is 79.9. The predicted octanol–water partition coefficient (Wildman–Crippen LogP) is 3.50. The van der Waals surface area contributed by atoms with Gasteiger partial charge in [-0.1, -0.05) is 52.3 Å². The van der Waals surface area contributed by atoms with Crippen molar-refractivity contribution in [1.82, 2.24) is 9.73 Å². The normalized spacial score (nSPS) is 11.6. The number of carbonyl (C=O) groups excluding carboxylic acids is 1. The molecule has 10 heteroatoms. The fourth-order valence-corrected chi connectivity index (χ4v) is 4.59. The maximum atomic E-state index is 13.2. The number of carbonyl (C=O) groups is 1. The third kappa shape index (κ3) is 6.41. The van der Waals surface area contributed by atoms with Crippen LogP contribution in [-0.4, -0.2) is 43.6 Å². The topological polar surface area (TPSA) is 108 Å². The van der Waals surface area contributed by atoms with Crippen LogP contribution >= 0.6 is 15.9 Å². The number of amides is 1. The van der Waals surface area contributed by atoms with Crippen molar-refractivity contribution in [2.24, 2.45) is 5.10 Å². The summed E-state index contributed by atoms with van der Waals surface area (Å²) in [7, 11) is -2.54. The lowest BCUT2D eigenvalue weighted by atomic mass is 10.2. The first-order valence-corrected chi connectivity index (χ1v) is 12.0. The molecule has 0 spiro atoms. The van der Waals surface area contributed by atoms with E-state index in [-0.39, 0.29) is 22.9 Å². The van der Waals surface area contributed by atoms with Gasteiger partial charge in [-0.15, -0.1) is 0 Å². The summed E-state index contributed by atoms with van der Waals surface area (Å²) in [5.41, 5.74) is 3.37. The van der Waals surface area contributed by atoms with Crippen LogP contribution in [0.2, 0.25) is 0 Å². The van der Waals surface area contributed by atoms with Crippen LogP contribution in [0.25, 0.3) is 0 Å². The van der Waals surface area contributed by atoms with E-state index in [2.05, 4.69) is 26.5 Å². The molecule has 33 heavy (non-hydrogen) atoms. The van der Waals surface area contributed by atoms with E-state index in [0.29, 0.717) is 5.56 Å². The minimum absolute atomic E-state index is 0.00699. The summed E-state index contributed by atoms with van der Waals surface area (Å²) in [4.78, 5) is 12.6. The van der Waals surface area contributed by atoms with Crippen LogP contribution in [0.1, 0.15) is 11.1 Å². The van der Waals surface area contributed by atoms with Gasteiger partial charge in [0.25, 0.3) is 5.91 Å². The van der Waals surface area contributed by atoms with Crippen LogP contribution in [-0.2, 0) is 21.4 Å². The zero-order valence-electron chi connectivity index (χ0n) is 17.7. The largest absolute Gasteiger partial charge is 0.504 e. The predicted molar refractivity (Wildman–Crippen MR) is 129 cm³/mol. The van der Waals surface area contributed by atoms with Crippen LogP contribution in [0.15, 0.2) is 87.3 Å². The molecule has 172 valence electrons. The number of sulfonamides is 1. The van der Waals surface area contributed by atoms with Gasteiger partial charge in [-0.2, -0.15) is 9.41 Å². The van der Waals surface area contributed by atoms with E-state index in [1.54, 1.807) is 54.6 Å². The zero-order chi connectivity index (χ0) is 23.8. The van der Waals surface area contributed by atoms with Gasteiger partial charge >= 0.3 is 0 Å². The van der Waals surface area contributed by atoms with E-state index < -0.39 is 22.5 Å². The van der Waals surface area contributed by atoms with Crippen molar-refractivity contribution in [1.29, 1.82) is 0 Å². The van der Waals surface area contributed by atoms with E-state index in [9.17, 15) is 18.3 Å². The first kappa shape index (κ1) is 24.4. The van der Waals surface area contributed by atoms with Crippen molar-refractivity contribution in [3.63, 3.8) is 0 Å². The first-order valence-electron chi connectivity index (χ1n) is 9.79. The second kappa shape index (κ2) is 11.1. The van der Waals surface area contributed by atoms with E-state index in [1.165, 1.54) is 25.5 Å². The Morgan fingerprint density at radius 1 is 1.09 bits per heavy atom. The molecule has 0 aliphatic heterocycles. The number of halogens is 1. The molecule has 0 aliphatic carbocycles. The van der Waals surface area contributed by atoms with Gasteiger partial charge in [0.1, 0.15) is 0 Å². The minimum atomic E-state index is -3.96. The highest BCUT2D eigenvalue weighted by Crippen LogP contribution is 2.28. The molecule has 8 nitrogen and oxygen atoms in total. The average molecular weight is 532 g/mol. The maximum absolute atomic E-state index is 13.2. The number of aromatic hydroxyl groups is 1. The summed E-state index contributed by atoms with van der Waals surface area (Å²) < 4.78 is 33.3. The Morgan fingerprint density at radius 3 is 2.45 bits per heavy atom. The number of ether oxygens (including phenoxy) is 1. The van der Waals surface area contributed by atoms with Gasteiger partial charge in [0.05, 0.1) is 24.8 Å². The van der Waals surface area contributed by atoms with Crippen molar-refractivity contribution < 1.29 is 23.1 Å². The molecule has 0 aliphatic rings. The van der Waals surface area contributed by atoms with Crippen molar-refractivity contribution in [3.05, 3.63) is 88.4 Å². The van der Waals surface area contributed by atoms with Crippen LogP contribution in [0.4, 0.5) is 0 Å². The van der Waals surface area contributed by atoms with E-state index in [1.807, 2.05) is 6.07 Å². The Balaban J connectivity index is 1.78. The Kier molecular flexibility index (Phi) is 8.21. The molecule has 0 atom stereocenters. The first-order chi connectivity index (χ1) is 15.8. The Bertz CT molecular complexity index is 1230. The summed E-state index contributed by atoms with van der Waals surface area (Å²) in [6, 6.07) is 20.0. The van der Waals surface area contributed by atoms with Gasteiger partial charge in [0.2, 0.25) is 10.0 Å². The fraction of sp³-hybridized carbons (Fsp3) is 0.130. The zero-order valence-corrected chi connectivity index (χ0v) is 20.1. The van der Waals surface area contributed by atoms with Crippen molar-refractivity contribution in [2.45, 2.75) is 11.4 Å². The Hall–Kier alpha value is -3.21. The third-order valence-corrected chi connectivity index (χ3v) is 6.95. The smallest absolute Gasteiger partial charge is 0.255 e. The number of nitrogens with one attached hydrogen (secondary N) is 1. The number of benzene rings is 3. The number of hydrogen-bond donors (Lipinski definition) is 2. The summed E-state index contributed by atoms with van der Waals surface area (Å²) in [6.45, 7) is -0.443. The molecule has 0 unspecified atom stereocenters. The van der Waals surface area contributed by atoms with Crippen molar-refractivity contribution in [2.75, 3.05) is 13.7 Å². The van der Waals surface area contributed by atoms with Crippen LogP contribution in [0.5, 0.6) is 11.5 Å². The molecule has 3 rings (SSSR count). The molecule has 3 aromatic rings. The molecule has 0 bridgehead atoms. The lowest BCUT2D eigenvalue weighted by Gasteiger charge is -2.21. The summed E-state index contributed by atoms with van der Waals surface area (Å²) in [5, 5.41) is 13.9. The highest BCUT2D eigenvalue weighted by molar-refractivity contribution is 9.10. The van der Waals surface area contributed by atoms with Gasteiger partial charge < -0.3 is 9.84 Å². The highest BCUT2D eigenvalue weighted by Gasteiger charge is 2.27. The summed E-state index contributed by atoms with van der Waals surface area (Å²) >= 11 is 3.29. The van der Waals surface area contributed by atoms with E-state index in [0.717, 1.165) is 14.3 Å². The molecule has 1 amide bonds. The SMILES string of the molecule is COc1cccc(C=NNC(=O)CN(Cc2ccccc2)S(=O)(=O)c2ccc(Br)cc2)c1O. The number of para-hydroxylation sites is 1. The fourth-order valence-electron chi connectivity index (χ4n) is 2.95. The maximum Gasteiger partial charge on any atom is 0.255 e. The van der Waals surface area contributed by atoms with Gasteiger partial charge in [-0.05, 0) is 42.0 Å². The number of hydrogen-bond acceptors (Lipinski definition) is 6. The number of nitrogens with zero attached hydrogens (tertiary/aromatic N) is 2. The van der Waals surface area contributed by atoms with Crippen LogP contribution in [0, 0.1) is 0 Å². The lowest BCUT2D eigenvalue weighted by molar-refractivity contribution is -0.121.